The minimum absolute atomic E-state index is 0.609. The van der Waals surface area contributed by atoms with E-state index in [1.807, 2.05) is 6.92 Å². The van der Waals surface area contributed by atoms with Gasteiger partial charge in [-0.15, -0.1) is 0 Å². The summed E-state index contributed by atoms with van der Waals surface area (Å²) in [7, 11) is 0. The van der Waals surface area contributed by atoms with Crippen LogP contribution in [-0.2, 0) is 4.79 Å². The van der Waals surface area contributed by atoms with Crippen LogP contribution in [0.3, 0.4) is 0 Å². The summed E-state index contributed by atoms with van der Waals surface area (Å²) < 4.78 is -1.69. The van der Waals surface area contributed by atoms with E-state index >= 15 is 0 Å². The number of rotatable bonds is 3. The van der Waals surface area contributed by atoms with Gasteiger partial charge in [0.1, 0.15) is 0 Å². The Labute approximate surface area is 76.5 Å². The molecule has 0 aromatic carbocycles. The predicted molar refractivity (Wildman–Crippen MR) is 46.1 cm³/mol. The van der Waals surface area contributed by atoms with Crippen LogP contribution >= 0.6 is 23.2 Å². The van der Waals surface area contributed by atoms with Crippen LogP contribution in [0.25, 0.3) is 0 Å². The molecule has 0 unspecified atom stereocenters. The number of hydrogen-bond acceptors (Lipinski definition) is 1. The van der Waals surface area contributed by atoms with Gasteiger partial charge >= 0.3 is 5.97 Å². The highest BCUT2D eigenvalue weighted by Gasteiger charge is 2.47. The highest BCUT2D eigenvalue weighted by atomic mass is 35.5. The lowest BCUT2D eigenvalue weighted by molar-refractivity contribution is -0.140. The van der Waals surface area contributed by atoms with Crippen LogP contribution in [0.1, 0.15) is 27.2 Å². The van der Waals surface area contributed by atoms with Gasteiger partial charge in [0.25, 0.3) is 0 Å². The molecule has 0 fully saturated rings. The maximum atomic E-state index is 10.6. The zero-order valence-corrected chi connectivity index (χ0v) is 8.33. The fourth-order valence-corrected chi connectivity index (χ4v) is 0.779. The third-order valence-electron chi connectivity index (χ3n) is 2.00. The third-order valence-corrected chi connectivity index (χ3v) is 3.35. The summed E-state index contributed by atoms with van der Waals surface area (Å²) in [4.78, 5) is 10.6. The number of carboxylic acids is 1. The van der Waals surface area contributed by atoms with Crippen LogP contribution in [-0.4, -0.2) is 15.4 Å². The van der Waals surface area contributed by atoms with Crippen molar-refractivity contribution in [1.29, 1.82) is 0 Å². The Morgan fingerprint density at radius 1 is 1.45 bits per heavy atom. The maximum Gasteiger partial charge on any atom is 0.340 e. The van der Waals surface area contributed by atoms with Crippen molar-refractivity contribution in [2.45, 2.75) is 31.5 Å². The average molecular weight is 199 g/mol. The van der Waals surface area contributed by atoms with Crippen LogP contribution in [0.5, 0.6) is 0 Å². The molecule has 0 saturated heterocycles. The lowest BCUT2D eigenvalue weighted by atomic mass is 9.85. The molecule has 0 aliphatic rings. The number of alkyl halides is 2. The van der Waals surface area contributed by atoms with Crippen molar-refractivity contribution in [3.8, 4) is 0 Å². The van der Waals surface area contributed by atoms with Crippen molar-refractivity contribution >= 4 is 29.2 Å². The fourth-order valence-electron chi connectivity index (χ4n) is 0.511. The van der Waals surface area contributed by atoms with Gasteiger partial charge in [0.2, 0.25) is 4.33 Å². The molecule has 0 bridgehead atoms. The summed E-state index contributed by atoms with van der Waals surface area (Å²) in [5.74, 6) is -1.19. The Morgan fingerprint density at radius 2 is 1.82 bits per heavy atom. The van der Waals surface area contributed by atoms with Crippen LogP contribution in [0, 0.1) is 5.41 Å². The summed E-state index contributed by atoms with van der Waals surface area (Å²) in [5, 5.41) is 8.64. The molecular weight excluding hydrogens is 187 g/mol. The smallest absolute Gasteiger partial charge is 0.340 e. The second kappa shape index (κ2) is 3.20. The van der Waals surface area contributed by atoms with Crippen LogP contribution < -0.4 is 0 Å². The van der Waals surface area contributed by atoms with E-state index < -0.39 is 15.7 Å². The summed E-state index contributed by atoms with van der Waals surface area (Å²) >= 11 is 11.3. The van der Waals surface area contributed by atoms with Crippen molar-refractivity contribution in [3.63, 3.8) is 0 Å². The van der Waals surface area contributed by atoms with E-state index in [4.69, 9.17) is 28.3 Å². The standard InChI is InChI=1S/C7H12Cl2O2/c1-4-6(2,3)7(8,9)5(10)11/h4H2,1-3H3,(H,10,11). The number of aliphatic carboxylic acids is 1. The van der Waals surface area contributed by atoms with Gasteiger partial charge in [0.05, 0.1) is 0 Å². The van der Waals surface area contributed by atoms with Crippen molar-refractivity contribution < 1.29 is 9.90 Å². The first-order chi connectivity index (χ1) is 4.75. The molecule has 2 nitrogen and oxygen atoms in total. The van der Waals surface area contributed by atoms with Crippen molar-refractivity contribution in [2.24, 2.45) is 5.41 Å². The van der Waals surface area contributed by atoms with E-state index in [-0.39, 0.29) is 0 Å². The molecule has 0 saturated carbocycles. The summed E-state index contributed by atoms with van der Waals surface area (Å²) in [6, 6.07) is 0. The predicted octanol–water partition coefficient (Wildman–Crippen LogP) is 2.68. The van der Waals surface area contributed by atoms with E-state index in [2.05, 4.69) is 0 Å². The first-order valence-corrected chi connectivity index (χ1v) is 4.12. The highest BCUT2D eigenvalue weighted by Crippen LogP contribution is 2.43. The second-order valence-electron chi connectivity index (χ2n) is 3.12. The Bertz CT molecular complexity index is 164. The lowest BCUT2D eigenvalue weighted by Gasteiger charge is -2.32. The minimum atomic E-state index is -1.69. The van der Waals surface area contributed by atoms with Crippen LogP contribution in [0.15, 0.2) is 0 Å². The molecule has 0 rings (SSSR count). The van der Waals surface area contributed by atoms with Crippen molar-refractivity contribution in [2.75, 3.05) is 0 Å². The number of carboxylic acid groups (broad SMARTS) is 1. The molecule has 1 N–H and O–H groups in total. The Hall–Kier alpha value is 0.0500. The Morgan fingerprint density at radius 3 is 1.91 bits per heavy atom. The summed E-state index contributed by atoms with van der Waals surface area (Å²) in [6.07, 6.45) is 0.617. The van der Waals surface area contributed by atoms with E-state index in [9.17, 15) is 4.79 Å². The summed E-state index contributed by atoms with van der Waals surface area (Å²) in [5.41, 5.74) is -0.609. The monoisotopic (exact) mass is 198 g/mol. The number of hydrogen-bond donors (Lipinski definition) is 1. The minimum Gasteiger partial charge on any atom is -0.479 e. The highest BCUT2D eigenvalue weighted by molar-refractivity contribution is 6.57. The molecule has 66 valence electrons. The largest absolute Gasteiger partial charge is 0.479 e. The van der Waals surface area contributed by atoms with Gasteiger partial charge in [-0.1, -0.05) is 44.0 Å². The molecule has 0 heterocycles. The van der Waals surface area contributed by atoms with Crippen LogP contribution in [0.2, 0.25) is 0 Å². The Kier molecular flexibility index (Phi) is 3.21. The zero-order chi connectivity index (χ0) is 9.28. The molecule has 0 atom stereocenters. The molecular formula is C7H12Cl2O2. The van der Waals surface area contributed by atoms with Crippen LogP contribution in [0.4, 0.5) is 0 Å². The average Bonchev–Trinajstić information content (AvgIpc) is 1.87. The van der Waals surface area contributed by atoms with E-state index in [0.717, 1.165) is 0 Å². The molecule has 11 heavy (non-hydrogen) atoms. The molecule has 0 aliphatic carbocycles. The quantitative estimate of drug-likeness (QED) is 0.709. The van der Waals surface area contributed by atoms with Gasteiger partial charge < -0.3 is 5.11 Å². The van der Waals surface area contributed by atoms with Gasteiger partial charge in [-0.25, -0.2) is 4.79 Å². The van der Waals surface area contributed by atoms with E-state index in [1.54, 1.807) is 13.8 Å². The number of halogens is 2. The maximum absolute atomic E-state index is 10.6. The lowest BCUT2D eigenvalue weighted by Crippen LogP contribution is -2.41. The van der Waals surface area contributed by atoms with E-state index in [0.29, 0.717) is 6.42 Å². The molecule has 0 amide bonds. The van der Waals surface area contributed by atoms with Gasteiger partial charge in [-0.2, -0.15) is 0 Å². The molecule has 4 heteroatoms. The zero-order valence-electron chi connectivity index (χ0n) is 6.82. The molecule has 0 aromatic rings. The molecule has 0 radical (unpaired) electrons. The number of carbonyl (C=O) groups is 1. The van der Waals surface area contributed by atoms with Gasteiger partial charge in [-0.05, 0) is 6.42 Å². The summed E-state index contributed by atoms with van der Waals surface area (Å²) in [6.45, 7) is 5.30. The first-order valence-electron chi connectivity index (χ1n) is 3.37. The first kappa shape index (κ1) is 11.1. The second-order valence-corrected chi connectivity index (χ2v) is 4.44. The normalized spacial score (nSPS) is 13.2. The Balaban J connectivity index is 4.67. The van der Waals surface area contributed by atoms with Crippen molar-refractivity contribution in [1.82, 2.24) is 0 Å². The molecule has 0 spiro atoms. The van der Waals surface area contributed by atoms with Gasteiger partial charge in [-0.3, -0.25) is 0 Å². The third kappa shape index (κ3) is 2.00. The van der Waals surface area contributed by atoms with E-state index in [1.165, 1.54) is 0 Å². The topological polar surface area (TPSA) is 37.3 Å². The molecule has 0 aromatic heterocycles. The van der Waals surface area contributed by atoms with Gasteiger partial charge in [0.15, 0.2) is 0 Å². The van der Waals surface area contributed by atoms with Gasteiger partial charge in [0, 0.05) is 5.41 Å². The van der Waals surface area contributed by atoms with Crippen molar-refractivity contribution in [3.05, 3.63) is 0 Å². The SMILES string of the molecule is CCC(C)(C)C(Cl)(Cl)C(=O)O. The fraction of sp³-hybridized carbons (Fsp3) is 0.857. The molecule has 0 aliphatic heterocycles.